The predicted octanol–water partition coefficient (Wildman–Crippen LogP) is 5.30. The highest BCUT2D eigenvalue weighted by Crippen LogP contribution is 2.36. The van der Waals surface area contributed by atoms with Gasteiger partial charge in [0.2, 0.25) is 0 Å². The van der Waals surface area contributed by atoms with Crippen molar-refractivity contribution in [3.63, 3.8) is 0 Å². The number of fused-ring (bicyclic) bond motifs is 1. The van der Waals surface area contributed by atoms with Gasteiger partial charge in [-0.25, -0.2) is 9.67 Å². The van der Waals surface area contributed by atoms with Crippen molar-refractivity contribution < 1.29 is 35.9 Å². The normalized spacial score (nSPS) is 14.4. The number of nitriles is 1. The number of amides is 1. The quantitative estimate of drug-likeness (QED) is 0.428. The molecule has 1 aliphatic rings. The van der Waals surface area contributed by atoms with Crippen LogP contribution in [0.4, 0.5) is 26.3 Å². The number of benzene rings is 1. The summed E-state index contributed by atoms with van der Waals surface area (Å²) in [5.74, 6) is -1.21. The number of pyridine rings is 1. The van der Waals surface area contributed by atoms with Crippen LogP contribution in [0.2, 0.25) is 5.02 Å². The molecule has 1 aliphatic heterocycles. The van der Waals surface area contributed by atoms with Gasteiger partial charge in [0, 0.05) is 18.3 Å². The summed E-state index contributed by atoms with van der Waals surface area (Å²) in [6.07, 6.45) is -9.03. The molecule has 1 aromatic carbocycles. The molecule has 2 aromatic heterocycles. The largest absolute Gasteiger partial charge is 0.480 e. The number of rotatable bonds is 4. The highest BCUT2D eigenvalue weighted by molar-refractivity contribution is 6.35. The number of halogens is 7. The third kappa shape index (κ3) is 4.81. The zero-order chi connectivity index (χ0) is 26.4. The van der Waals surface area contributed by atoms with Crippen LogP contribution in [0.25, 0.3) is 5.69 Å². The van der Waals surface area contributed by atoms with Gasteiger partial charge in [-0.15, -0.1) is 0 Å². The average Bonchev–Trinajstić information content (AvgIpc) is 3.37. The summed E-state index contributed by atoms with van der Waals surface area (Å²) in [7, 11) is 0. The molecule has 1 amide bonds. The van der Waals surface area contributed by atoms with Gasteiger partial charge in [-0.3, -0.25) is 4.79 Å². The Kier molecular flexibility index (Phi) is 6.34. The maximum absolute atomic E-state index is 13.3. The first-order valence-corrected chi connectivity index (χ1v) is 10.5. The van der Waals surface area contributed by atoms with Gasteiger partial charge in [0.15, 0.2) is 6.10 Å². The van der Waals surface area contributed by atoms with Crippen LogP contribution in [-0.4, -0.2) is 37.9 Å². The fourth-order valence-electron chi connectivity index (χ4n) is 3.48. The van der Waals surface area contributed by atoms with Crippen LogP contribution in [0, 0.1) is 11.3 Å². The molecule has 0 spiro atoms. The number of nitrogens with zero attached hydrogens (tertiary/aromatic N) is 5. The molecule has 14 heteroatoms. The number of carbonyl (C=O) groups is 1. The lowest BCUT2D eigenvalue weighted by molar-refractivity contribution is -0.189. The third-order valence-corrected chi connectivity index (χ3v) is 5.76. The highest BCUT2D eigenvalue weighted by atomic mass is 35.5. The minimum Gasteiger partial charge on any atom is -0.480 e. The van der Waals surface area contributed by atoms with Crippen molar-refractivity contribution >= 4 is 17.5 Å². The van der Waals surface area contributed by atoms with E-state index in [-0.39, 0.29) is 29.4 Å². The third-order valence-electron chi connectivity index (χ3n) is 5.37. The topological polar surface area (TPSA) is 84.0 Å². The van der Waals surface area contributed by atoms with Crippen molar-refractivity contribution in [3.05, 3.63) is 69.8 Å². The lowest BCUT2D eigenvalue weighted by Crippen LogP contribution is -2.33. The lowest BCUT2D eigenvalue weighted by atomic mass is 10.1. The smallest absolute Gasteiger partial charge is 0.433 e. The van der Waals surface area contributed by atoms with Gasteiger partial charge in [0.1, 0.15) is 23.1 Å². The Bertz CT molecular complexity index is 1340. The molecule has 0 N–H and O–H groups in total. The molecular weight excluding hydrogens is 516 g/mol. The fraction of sp³-hybridized carbons (Fsp3) is 0.273. The van der Waals surface area contributed by atoms with Crippen LogP contribution in [0.1, 0.15) is 39.8 Å². The van der Waals surface area contributed by atoms with Gasteiger partial charge in [0.05, 0.1) is 34.7 Å². The van der Waals surface area contributed by atoms with E-state index in [2.05, 4.69) is 10.1 Å². The van der Waals surface area contributed by atoms with E-state index < -0.39 is 41.4 Å². The second kappa shape index (κ2) is 9.02. The van der Waals surface area contributed by atoms with Gasteiger partial charge in [-0.1, -0.05) is 11.6 Å². The molecule has 36 heavy (non-hydrogen) atoms. The number of hydrogen-bond donors (Lipinski definition) is 0. The van der Waals surface area contributed by atoms with E-state index in [1.165, 1.54) is 21.8 Å². The number of hydrogen-bond acceptors (Lipinski definition) is 5. The maximum Gasteiger partial charge on any atom is 0.433 e. The molecule has 0 radical (unpaired) electrons. The number of ether oxygens (including phenoxy) is 1. The Hall–Kier alpha value is -3.79. The molecule has 3 aromatic rings. The van der Waals surface area contributed by atoms with Crippen LogP contribution in [0.15, 0.2) is 36.7 Å². The second-order valence-corrected chi connectivity index (χ2v) is 8.20. The zero-order valence-electron chi connectivity index (χ0n) is 18.2. The van der Waals surface area contributed by atoms with Crippen molar-refractivity contribution in [3.8, 4) is 17.5 Å². The minimum absolute atomic E-state index is 0.0103. The van der Waals surface area contributed by atoms with Crippen molar-refractivity contribution in [2.24, 2.45) is 0 Å². The molecule has 0 bridgehead atoms. The minimum atomic E-state index is -4.71. The van der Waals surface area contributed by atoms with Gasteiger partial charge in [-0.05, 0) is 31.2 Å². The van der Waals surface area contributed by atoms with Crippen molar-refractivity contribution in [2.75, 3.05) is 0 Å². The summed E-state index contributed by atoms with van der Waals surface area (Å²) in [6, 6.07) is 6.00. The zero-order valence-corrected chi connectivity index (χ0v) is 18.9. The Labute approximate surface area is 204 Å². The van der Waals surface area contributed by atoms with E-state index in [9.17, 15) is 36.4 Å². The van der Waals surface area contributed by atoms with Crippen molar-refractivity contribution in [2.45, 2.75) is 38.5 Å². The SMILES string of the molecule is CC(Oc1ccc(C#N)c(Cl)c1C(=O)N1Cc2cn(-c3ccc(C(F)(F)F)nc3)nc2C1)C(F)(F)F. The highest BCUT2D eigenvalue weighted by Gasteiger charge is 2.40. The van der Waals surface area contributed by atoms with Gasteiger partial charge in [-0.2, -0.15) is 36.7 Å². The Morgan fingerprint density at radius 2 is 1.89 bits per heavy atom. The Morgan fingerprint density at radius 3 is 2.44 bits per heavy atom. The molecule has 0 aliphatic carbocycles. The number of alkyl halides is 6. The van der Waals surface area contributed by atoms with Crippen LogP contribution >= 0.6 is 11.6 Å². The van der Waals surface area contributed by atoms with Crippen LogP contribution in [0.3, 0.4) is 0 Å². The van der Waals surface area contributed by atoms with Crippen LogP contribution < -0.4 is 4.74 Å². The van der Waals surface area contributed by atoms with E-state index in [1.54, 1.807) is 6.07 Å². The molecule has 4 rings (SSSR count). The van der Waals surface area contributed by atoms with Crippen molar-refractivity contribution in [1.29, 1.82) is 5.26 Å². The van der Waals surface area contributed by atoms with Crippen LogP contribution in [0.5, 0.6) is 5.75 Å². The first-order chi connectivity index (χ1) is 16.8. The fourth-order valence-corrected chi connectivity index (χ4v) is 3.75. The van der Waals surface area contributed by atoms with E-state index in [0.29, 0.717) is 11.3 Å². The van der Waals surface area contributed by atoms with Crippen molar-refractivity contribution in [1.82, 2.24) is 19.7 Å². The summed E-state index contributed by atoms with van der Waals surface area (Å²) >= 11 is 6.18. The standard InChI is InChI=1S/C22H14ClF6N5O2/c1-11(21(24,25)26)36-16-4-2-12(6-30)19(23)18(16)20(35)33-8-13-9-34(32-15(13)10-33)14-3-5-17(31-7-14)22(27,28)29/h2-5,7,9,11H,8,10H2,1H3. The second-order valence-electron chi connectivity index (χ2n) is 7.82. The Balaban J connectivity index is 1.58. The number of aromatic nitrogens is 3. The first kappa shape index (κ1) is 25.3. The van der Waals surface area contributed by atoms with Gasteiger partial charge >= 0.3 is 12.4 Å². The van der Waals surface area contributed by atoms with E-state index in [4.69, 9.17) is 16.3 Å². The molecular formula is C22H14ClF6N5O2. The predicted molar refractivity (Wildman–Crippen MR) is 112 cm³/mol. The summed E-state index contributed by atoms with van der Waals surface area (Å²) in [5, 5.41) is 13.2. The molecule has 1 unspecified atom stereocenters. The van der Waals surface area contributed by atoms with E-state index >= 15 is 0 Å². The average molecular weight is 530 g/mol. The summed E-state index contributed by atoms with van der Waals surface area (Å²) < 4.78 is 83.6. The molecule has 7 nitrogen and oxygen atoms in total. The molecule has 1 atom stereocenters. The molecule has 0 fully saturated rings. The number of carbonyl (C=O) groups excluding carboxylic acids is 1. The monoisotopic (exact) mass is 529 g/mol. The maximum atomic E-state index is 13.3. The Morgan fingerprint density at radius 1 is 1.17 bits per heavy atom. The first-order valence-electron chi connectivity index (χ1n) is 10.2. The van der Waals surface area contributed by atoms with Gasteiger partial charge < -0.3 is 9.64 Å². The molecule has 0 saturated heterocycles. The van der Waals surface area contributed by atoms with Crippen LogP contribution in [-0.2, 0) is 19.3 Å². The lowest BCUT2D eigenvalue weighted by Gasteiger charge is -2.23. The summed E-state index contributed by atoms with van der Waals surface area (Å²) in [5.41, 5.74) is -0.335. The molecule has 188 valence electrons. The molecule has 3 heterocycles. The van der Waals surface area contributed by atoms with E-state index in [0.717, 1.165) is 31.3 Å². The van der Waals surface area contributed by atoms with Gasteiger partial charge in [0.25, 0.3) is 5.91 Å². The summed E-state index contributed by atoms with van der Waals surface area (Å²) in [4.78, 5) is 17.9. The summed E-state index contributed by atoms with van der Waals surface area (Å²) in [6.45, 7) is 0.699. The van der Waals surface area contributed by atoms with E-state index in [1.807, 2.05) is 0 Å². The molecule has 0 saturated carbocycles.